The maximum absolute atomic E-state index is 9.11. The van der Waals surface area contributed by atoms with Crippen LogP contribution in [0.1, 0.15) is 29.7 Å². The molecule has 1 aliphatic heterocycles. The van der Waals surface area contributed by atoms with Crippen molar-refractivity contribution in [3.05, 3.63) is 35.2 Å². The number of nitrogens with one attached hydrogen (secondary N) is 1. The summed E-state index contributed by atoms with van der Waals surface area (Å²) in [6.45, 7) is 4.08. The fourth-order valence-corrected chi connectivity index (χ4v) is 3.14. The highest BCUT2D eigenvalue weighted by Crippen LogP contribution is 2.38. The number of aryl methyl sites for hydroxylation is 1. The number of pyridine rings is 1. The third-order valence-corrected chi connectivity index (χ3v) is 4.18. The van der Waals surface area contributed by atoms with Crippen LogP contribution in [-0.2, 0) is 0 Å². The van der Waals surface area contributed by atoms with Crippen LogP contribution in [0.2, 0.25) is 0 Å². The van der Waals surface area contributed by atoms with Crippen LogP contribution in [0.15, 0.2) is 18.3 Å². The highest BCUT2D eigenvalue weighted by atomic mass is 14.9. The van der Waals surface area contributed by atoms with Crippen LogP contribution in [0.4, 0.5) is 0 Å². The van der Waals surface area contributed by atoms with E-state index < -0.39 is 0 Å². The fraction of sp³-hybridized carbons (Fsp3) is 0.467. The third kappa shape index (κ3) is 1.83. The van der Waals surface area contributed by atoms with Gasteiger partial charge in [0.1, 0.15) is 6.07 Å². The van der Waals surface area contributed by atoms with Crippen LogP contribution in [0.3, 0.4) is 0 Å². The third-order valence-electron chi connectivity index (χ3n) is 4.18. The quantitative estimate of drug-likeness (QED) is 0.818. The van der Waals surface area contributed by atoms with E-state index in [-0.39, 0.29) is 0 Å². The second-order valence-corrected chi connectivity index (χ2v) is 5.23. The van der Waals surface area contributed by atoms with Gasteiger partial charge in [-0.25, -0.2) is 0 Å². The molecule has 1 aromatic rings. The molecule has 1 saturated heterocycles. The number of aromatic nitrogens is 1. The average Bonchev–Trinajstić information content (AvgIpc) is 2.87. The van der Waals surface area contributed by atoms with Crippen LogP contribution in [-0.4, -0.2) is 18.1 Å². The molecule has 0 saturated carbocycles. The molecule has 3 rings (SSSR count). The highest BCUT2D eigenvalue weighted by Gasteiger charge is 2.32. The monoisotopic (exact) mass is 239 g/mol. The SMILES string of the molecule is Cc1ncc(C2=CCC[C@@H]3CNC[C@H]23)cc1C#N. The maximum Gasteiger partial charge on any atom is 0.101 e. The van der Waals surface area contributed by atoms with Gasteiger partial charge < -0.3 is 5.32 Å². The lowest BCUT2D eigenvalue weighted by Crippen LogP contribution is -2.18. The predicted octanol–water partition coefficient (Wildman–Crippen LogP) is 2.27. The first-order valence-corrected chi connectivity index (χ1v) is 6.57. The Kier molecular flexibility index (Phi) is 2.89. The second-order valence-electron chi connectivity index (χ2n) is 5.23. The number of fused-ring (bicyclic) bond motifs is 1. The minimum atomic E-state index is 0.606. The Morgan fingerprint density at radius 2 is 2.33 bits per heavy atom. The Balaban J connectivity index is 1.99. The summed E-state index contributed by atoms with van der Waals surface area (Å²) in [4.78, 5) is 4.36. The standard InChI is InChI=1S/C15H17N3/c1-10-12(6-16)5-13(8-18-10)14-4-2-3-11-7-17-9-15(11)14/h4-5,8,11,15,17H,2-3,7,9H2,1H3/t11-,15+/m1/s1. The summed E-state index contributed by atoms with van der Waals surface area (Å²) in [5.41, 5.74) is 4.04. The van der Waals surface area contributed by atoms with E-state index in [1.807, 2.05) is 19.2 Å². The van der Waals surface area contributed by atoms with E-state index in [0.717, 1.165) is 36.7 Å². The zero-order chi connectivity index (χ0) is 12.5. The van der Waals surface area contributed by atoms with Crippen molar-refractivity contribution in [3.63, 3.8) is 0 Å². The zero-order valence-electron chi connectivity index (χ0n) is 10.6. The molecule has 0 aromatic carbocycles. The van der Waals surface area contributed by atoms with Gasteiger partial charge in [-0.3, -0.25) is 4.98 Å². The molecule has 92 valence electrons. The molecule has 1 aliphatic carbocycles. The molecular weight excluding hydrogens is 222 g/mol. The Morgan fingerprint density at radius 1 is 1.44 bits per heavy atom. The first kappa shape index (κ1) is 11.4. The van der Waals surface area contributed by atoms with Crippen molar-refractivity contribution in [3.8, 4) is 6.07 Å². The number of nitriles is 1. The Morgan fingerprint density at radius 3 is 3.17 bits per heavy atom. The summed E-state index contributed by atoms with van der Waals surface area (Å²) in [7, 11) is 0. The van der Waals surface area contributed by atoms with Gasteiger partial charge in [0.25, 0.3) is 0 Å². The topological polar surface area (TPSA) is 48.7 Å². The van der Waals surface area contributed by atoms with Crippen molar-refractivity contribution in [2.75, 3.05) is 13.1 Å². The molecule has 1 fully saturated rings. The van der Waals surface area contributed by atoms with Gasteiger partial charge in [0.2, 0.25) is 0 Å². The first-order valence-electron chi connectivity index (χ1n) is 6.57. The molecule has 2 atom stereocenters. The lowest BCUT2D eigenvalue weighted by molar-refractivity contribution is 0.454. The normalized spacial score (nSPS) is 26.3. The van der Waals surface area contributed by atoms with Gasteiger partial charge in [-0.1, -0.05) is 6.08 Å². The molecule has 3 nitrogen and oxygen atoms in total. The summed E-state index contributed by atoms with van der Waals surface area (Å²) in [5.74, 6) is 1.37. The molecule has 18 heavy (non-hydrogen) atoms. The van der Waals surface area contributed by atoms with Gasteiger partial charge in [-0.2, -0.15) is 5.26 Å². The van der Waals surface area contributed by atoms with Crippen LogP contribution >= 0.6 is 0 Å². The maximum atomic E-state index is 9.11. The van der Waals surface area contributed by atoms with E-state index in [0.29, 0.717) is 11.5 Å². The van der Waals surface area contributed by atoms with Crippen LogP contribution in [0.25, 0.3) is 5.57 Å². The van der Waals surface area contributed by atoms with Gasteiger partial charge in [0.15, 0.2) is 0 Å². The summed E-state index contributed by atoms with van der Waals surface area (Å²) < 4.78 is 0. The Labute approximate surface area is 108 Å². The lowest BCUT2D eigenvalue weighted by Gasteiger charge is -2.26. The molecule has 2 aliphatic rings. The second kappa shape index (κ2) is 4.55. The predicted molar refractivity (Wildman–Crippen MR) is 70.7 cm³/mol. The number of rotatable bonds is 1. The summed E-state index contributed by atoms with van der Waals surface area (Å²) in [6, 6.07) is 4.22. The van der Waals surface area contributed by atoms with E-state index in [1.165, 1.54) is 12.0 Å². The van der Waals surface area contributed by atoms with Gasteiger partial charge in [0.05, 0.1) is 11.3 Å². The number of nitrogens with zero attached hydrogens (tertiary/aromatic N) is 2. The first-order chi connectivity index (χ1) is 8.79. The zero-order valence-corrected chi connectivity index (χ0v) is 10.6. The van der Waals surface area contributed by atoms with Gasteiger partial charge >= 0.3 is 0 Å². The smallest absolute Gasteiger partial charge is 0.101 e. The van der Waals surface area contributed by atoms with Crippen molar-refractivity contribution in [1.29, 1.82) is 5.26 Å². The van der Waals surface area contributed by atoms with Gasteiger partial charge in [0, 0.05) is 18.7 Å². The van der Waals surface area contributed by atoms with E-state index in [9.17, 15) is 0 Å². The van der Waals surface area contributed by atoms with Crippen molar-refractivity contribution >= 4 is 5.57 Å². The molecule has 1 N–H and O–H groups in total. The van der Waals surface area contributed by atoms with Crippen molar-refractivity contribution in [2.45, 2.75) is 19.8 Å². The van der Waals surface area contributed by atoms with Crippen molar-refractivity contribution < 1.29 is 0 Å². The summed E-state index contributed by atoms with van der Waals surface area (Å²) in [5, 5.41) is 12.6. The van der Waals surface area contributed by atoms with E-state index in [4.69, 9.17) is 5.26 Å². The molecular formula is C15H17N3. The minimum absolute atomic E-state index is 0.606. The molecule has 3 heteroatoms. The van der Waals surface area contributed by atoms with Crippen LogP contribution in [0, 0.1) is 30.1 Å². The molecule has 0 bridgehead atoms. The molecule has 0 unspecified atom stereocenters. The van der Waals surface area contributed by atoms with Crippen LogP contribution in [0.5, 0.6) is 0 Å². The van der Waals surface area contributed by atoms with E-state index >= 15 is 0 Å². The van der Waals surface area contributed by atoms with Gasteiger partial charge in [-0.05, 0) is 49.4 Å². The molecule has 0 radical (unpaired) electrons. The molecule has 1 aromatic heterocycles. The Bertz CT molecular complexity index is 539. The van der Waals surface area contributed by atoms with Gasteiger partial charge in [-0.15, -0.1) is 0 Å². The number of hydrogen-bond acceptors (Lipinski definition) is 3. The van der Waals surface area contributed by atoms with E-state index in [1.54, 1.807) is 0 Å². The Hall–Kier alpha value is -1.66. The summed E-state index contributed by atoms with van der Waals surface area (Å²) >= 11 is 0. The molecule has 2 heterocycles. The average molecular weight is 239 g/mol. The number of allylic oxidation sites excluding steroid dienone is 1. The van der Waals surface area contributed by atoms with Crippen LogP contribution < -0.4 is 5.32 Å². The largest absolute Gasteiger partial charge is 0.316 e. The number of hydrogen-bond donors (Lipinski definition) is 1. The summed E-state index contributed by atoms with van der Waals surface area (Å²) in [6.07, 6.45) is 6.68. The minimum Gasteiger partial charge on any atom is -0.316 e. The lowest BCUT2D eigenvalue weighted by atomic mass is 9.78. The fourth-order valence-electron chi connectivity index (χ4n) is 3.14. The van der Waals surface area contributed by atoms with Crippen molar-refractivity contribution in [1.82, 2.24) is 10.3 Å². The highest BCUT2D eigenvalue weighted by molar-refractivity contribution is 5.69. The van der Waals surface area contributed by atoms with Crippen molar-refractivity contribution in [2.24, 2.45) is 11.8 Å². The molecule has 0 amide bonds. The van der Waals surface area contributed by atoms with E-state index in [2.05, 4.69) is 22.4 Å². The molecule has 0 spiro atoms.